The predicted molar refractivity (Wildman–Crippen MR) is 71.9 cm³/mol. The minimum absolute atomic E-state index is 0.578. The second kappa shape index (κ2) is 4.91. The summed E-state index contributed by atoms with van der Waals surface area (Å²) in [5.41, 5.74) is 4.78. The zero-order chi connectivity index (χ0) is 11.5. The summed E-state index contributed by atoms with van der Waals surface area (Å²) in [4.78, 5) is 0. The highest BCUT2D eigenvalue weighted by molar-refractivity contribution is 5.40. The summed E-state index contributed by atoms with van der Waals surface area (Å²) in [5.74, 6) is 0.578. The van der Waals surface area contributed by atoms with Gasteiger partial charge in [-0.1, -0.05) is 47.6 Å². The van der Waals surface area contributed by atoms with E-state index < -0.39 is 0 Å². The molecule has 0 bridgehead atoms. The summed E-state index contributed by atoms with van der Waals surface area (Å²) in [6.45, 7) is 0. The number of allylic oxidation sites excluding steroid dienone is 4. The normalized spacial score (nSPS) is 19.6. The van der Waals surface area contributed by atoms with Gasteiger partial charge in [0.25, 0.3) is 0 Å². The van der Waals surface area contributed by atoms with E-state index in [2.05, 4.69) is 30.4 Å². The first-order chi connectivity index (χ1) is 8.45. The van der Waals surface area contributed by atoms with Gasteiger partial charge in [-0.3, -0.25) is 0 Å². The van der Waals surface area contributed by atoms with E-state index in [9.17, 15) is 0 Å². The van der Waals surface area contributed by atoms with Crippen LogP contribution in [0, 0.1) is 6.07 Å². The van der Waals surface area contributed by atoms with Crippen molar-refractivity contribution in [3.8, 4) is 0 Å². The van der Waals surface area contributed by atoms with Crippen LogP contribution >= 0.6 is 0 Å². The molecular weight excluding hydrogens is 204 g/mol. The van der Waals surface area contributed by atoms with E-state index in [1.807, 2.05) is 12.1 Å². The molecule has 87 valence electrons. The fraction of sp³-hybridized carbons (Fsp3) is 0.412. The molecule has 0 saturated carbocycles. The van der Waals surface area contributed by atoms with Crippen molar-refractivity contribution in [2.45, 2.75) is 44.4 Å². The molecule has 0 fully saturated rings. The van der Waals surface area contributed by atoms with Crippen molar-refractivity contribution in [3.05, 3.63) is 59.2 Å². The lowest BCUT2D eigenvalue weighted by molar-refractivity contribution is 0.790. The monoisotopic (exact) mass is 223 g/mol. The van der Waals surface area contributed by atoms with Gasteiger partial charge >= 0.3 is 0 Å². The van der Waals surface area contributed by atoms with Crippen LogP contribution < -0.4 is 0 Å². The van der Waals surface area contributed by atoms with Crippen LogP contribution in [-0.4, -0.2) is 0 Å². The number of benzene rings is 1. The predicted octanol–water partition coefficient (Wildman–Crippen LogP) is 4.79. The Labute approximate surface area is 104 Å². The maximum atomic E-state index is 3.13. The molecule has 1 aromatic carbocycles. The van der Waals surface area contributed by atoms with Gasteiger partial charge in [0.05, 0.1) is 0 Å². The highest BCUT2D eigenvalue weighted by Gasteiger charge is 2.23. The SMILES string of the molecule is [c]1ccc(C(C2=CCCC2)C2=CCCC2)cc1. The van der Waals surface area contributed by atoms with Gasteiger partial charge in [0, 0.05) is 5.92 Å². The Morgan fingerprint density at radius 3 is 1.94 bits per heavy atom. The number of hydrogen-bond acceptors (Lipinski definition) is 0. The van der Waals surface area contributed by atoms with Crippen molar-refractivity contribution < 1.29 is 0 Å². The molecule has 0 atom stereocenters. The summed E-state index contributed by atoms with van der Waals surface area (Å²) < 4.78 is 0. The van der Waals surface area contributed by atoms with Crippen molar-refractivity contribution in [1.82, 2.24) is 0 Å². The molecule has 1 radical (unpaired) electrons. The first kappa shape index (κ1) is 10.8. The second-order valence-electron chi connectivity index (χ2n) is 5.11. The molecule has 0 heterocycles. The van der Waals surface area contributed by atoms with E-state index in [0.717, 1.165) is 0 Å². The summed E-state index contributed by atoms with van der Waals surface area (Å²) in [6.07, 6.45) is 12.8. The third kappa shape index (κ3) is 2.22. The third-order valence-corrected chi connectivity index (χ3v) is 3.97. The third-order valence-electron chi connectivity index (χ3n) is 3.97. The molecule has 0 spiro atoms. The molecule has 17 heavy (non-hydrogen) atoms. The van der Waals surface area contributed by atoms with Crippen LogP contribution in [0.25, 0.3) is 0 Å². The van der Waals surface area contributed by atoms with Crippen LogP contribution in [0.2, 0.25) is 0 Å². The van der Waals surface area contributed by atoms with Crippen molar-refractivity contribution >= 4 is 0 Å². The minimum atomic E-state index is 0.578. The Hall–Kier alpha value is -1.30. The molecule has 0 N–H and O–H groups in total. The maximum absolute atomic E-state index is 3.13. The molecule has 1 aromatic rings. The van der Waals surface area contributed by atoms with Crippen molar-refractivity contribution in [2.24, 2.45) is 0 Å². The molecule has 3 rings (SSSR count). The Kier molecular flexibility index (Phi) is 3.13. The van der Waals surface area contributed by atoms with E-state index in [1.54, 1.807) is 11.1 Å². The van der Waals surface area contributed by atoms with Crippen LogP contribution in [0.1, 0.15) is 50.0 Å². The zero-order valence-electron chi connectivity index (χ0n) is 10.3. The summed E-state index contributed by atoms with van der Waals surface area (Å²) in [5, 5.41) is 0. The fourth-order valence-corrected chi connectivity index (χ4v) is 3.17. The van der Waals surface area contributed by atoms with E-state index in [1.165, 1.54) is 44.1 Å². The lowest BCUT2D eigenvalue weighted by Gasteiger charge is -2.21. The molecule has 0 nitrogen and oxygen atoms in total. The Morgan fingerprint density at radius 2 is 1.47 bits per heavy atom. The standard InChI is InChI=1S/C17H19/c1-2-8-14(9-3-1)17(15-10-4-5-11-15)16-12-6-7-13-16/h2-3,8-10,12,17H,4-7,11,13H2. The van der Waals surface area contributed by atoms with Crippen LogP contribution in [0.3, 0.4) is 0 Å². The fourth-order valence-electron chi connectivity index (χ4n) is 3.17. The summed E-state index contributed by atoms with van der Waals surface area (Å²) >= 11 is 0. The largest absolute Gasteiger partial charge is 0.0844 e. The van der Waals surface area contributed by atoms with Crippen molar-refractivity contribution in [1.29, 1.82) is 0 Å². The van der Waals surface area contributed by atoms with Crippen LogP contribution in [0.5, 0.6) is 0 Å². The lowest BCUT2D eigenvalue weighted by atomic mass is 9.84. The molecule has 0 heteroatoms. The topological polar surface area (TPSA) is 0 Å². The average Bonchev–Trinajstić information content (AvgIpc) is 3.04. The smallest absolute Gasteiger partial charge is 0.0257 e. The Morgan fingerprint density at radius 1 is 0.882 bits per heavy atom. The Bertz CT molecular complexity index is 412. The second-order valence-corrected chi connectivity index (χ2v) is 5.11. The minimum Gasteiger partial charge on any atom is -0.0844 e. The average molecular weight is 223 g/mol. The highest BCUT2D eigenvalue weighted by atomic mass is 14.3. The summed E-state index contributed by atoms with van der Waals surface area (Å²) in [6, 6.07) is 11.7. The van der Waals surface area contributed by atoms with E-state index in [4.69, 9.17) is 0 Å². The van der Waals surface area contributed by atoms with Gasteiger partial charge < -0.3 is 0 Å². The molecule has 0 aliphatic heterocycles. The molecule has 2 aliphatic rings. The lowest BCUT2D eigenvalue weighted by Crippen LogP contribution is -2.03. The van der Waals surface area contributed by atoms with Crippen LogP contribution in [0.4, 0.5) is 0 Å². The highest BCUT2D eigenvalue weighted by Crippen LogP contribution is 2.41. The van der Waals surface area contributed by atoms with Crippen LogP contribution in [0.15, 0.2) is 47.6 Å². The van der Waals surface area contributed by atoms with E-state index >= 15 is 0 Å². The quantitative estimate of drug-likeness (QED) is 0.646. The van der Waals surface area contributed by atoms with E-state index in [-0.39, 0.29) is 0 Å². The van der Waals surface area contributed by atoms with Crippen molar-refractivity contribution in [2.75, 3.05) is 0 Å². The molecular formula is C17H19. The number of hydrogen-bond donors (Lipinski definition) is 0. The van der Waals surface area contributed by atoms with Gasteiger partial charge in [0.2, 0.25) is 0 Å². The Balaban J connectivity index is 1.96. The van der Waals surface area contributed by atoms with Gasteiger partial charge in [0.15, 0.2) is 0 Å². The first-order valence-corrected chi connectivity index (χ1v) is 6.79. The van der Waals surface area contributed by atoms with Crippen LogP contribution in [-0.2, 0) is 0 Å². The van der Waals surface area contributed by atoms with E-state index in [0.29, 0.717) is 5.92 Å². The first-order valence-electron chi connectivity index (χ1n) is 6.79. The molecule has 0 amide bonds. The zero-order valence-corrected chi connectivity index (χ0v) is 10.3. The van der Waals surface area contributed by atoms with Gasteiger partial charge in [-0.05, 0) is 50.2 Å². The van der Waals surface area contributed by atoms with Gasteiger partial charge in [-0.15, -0.1) is 0 Å². The maximum Gasteiger partial charge on any atom is 0.0257 e. The van der Waals surface area contributed by atoms with Gasteiger partial charge in [-0.25, -0.2) is 0 Å². The van der Waals surface area contributed by atoms with Gasteiger partial charge in [-0.2, -0.15) is 0 Å². The van der Waals surface area contributed by atoms with Gasteiger partial charge in [0.1, 0.15) is 0 Å². The number of rotatable bonds is 3. The van der Waals surface area contributed by atoms with Crippen molar-refractivity contribution in [3.63, 3.8) is 0 Å². The molecule has 0 aromatic heterocycles. The molecule has 0 unspecified atom stereocenters. The summed E-state index contributed by atoms with van der Waals surface area (Å²) in [7, 11) is 0. The molecule has 2 aliphatic carbocycles. The molecule has 0 saturated heterocycles.